The average Bonchev–Trinajstić information content (AvgIpc) is 2.41. The number of carboxylic acid groups (broad SMARTS) is 1. The molecule has 12 heteroatoms. The summed E-state index contributed by atoms with van der Waals surface area (Å²) in [5, 5.41) is 47.5. The van der Waals surface area contributed by atoms with Gasteiger partial charge in [-0.25, -0.2) is 4.79 Å². The molecule has 0 amide bonds. The van der Waals surface area contributed by atoms with Crippen molar-refractivity contribution in [1.82, 2.24) is 0 Å². The van der Waals surface area contributed by atoms with Crippen LogP contribution >= 0.6 is 7.82 Å². The molecule has 0 aliphatic heterocycles. The molecule has 0 saturated heterocycles. The Bertz CT molecular complexity index is 808. The molecule has 0 atom stereocenters. The number of phenols is 4. The fourth-order valence-electron chi connectivity index (χ4n) is 1.79. The Morgan fingerprint density at radius 3 is 1.84 bits per heavy atom. The zero-order chi connectivity index (χ0) is 18.7. The van der Waals surface area contributed by atoms with Crippen LogP contribution in [0.4, 0.5) is 0 Å². The van der Waals surface area contributed by atoms with Crippen LogP contribution in [0.15, 0.2) is 30.3 Å². The minimum absolute atomic E-state index is 0. The first-order chi connectivity index (χ1) is 10.9. The molecule has 25 heavy (non-hydrogen) atoms. The van der Waals surface area contributed by atoms with Gasteiger partial charge in [0.1, 0.15) is 28.6 Å². The summed E-state index contributed by atoms with van der Waals surface area (Å²) in [5.74, 6) is -3.00. The van der Waals surface area contributed by atoms with E-state index in [0.717, 1.165) is 24.3 Å². The first-order valence-corrected chi connectivity index (χ1v) is 7.52. The van der Waals surface area contributed by atoms with E-state index in [4.69, 9.17) is 24.4 Å². The van der Waals surface area contributed by atoms with E-state index in [0.29, 0.717) is 0 Å². The van der Waals surface area contributed by atoms with Crippen molar-refractivity contribution in [3.05, 3.63) is 35.9 Å². The smallest absolute Gasteiger partial charge is 0.756 e. The van der Waals surface area contributed by atoms with E-state index in [9.17, 15) is 25.2 Å². The Balaban J connectivity index is 0.000000848. The zero-order valence-corrected chi connectivity index (χ0v) is 16.7. The molecule has 2 aromatic carbocycles. The van der Waals surface area contributed by atoms with E-state index in [2.05, 4.69) is 0 Å². The molecule has 0 unspecified atom stereocenters. The van der Waals surface area contributed by atoms with Crippen molar-refractivity contribution in [2.75, 3.05) is 0 Å². The minimum Gasteiger partial charge on any atom is -0.756 e. The number of benzene rings is 2. The second kappa shape index (κ2) is 9.53. The molecular weight excluding hydrogens is 386 g/mol. The van der Waals surface area contributed by atoms with Gasteiger partial charge in [-0.15, -0.1) is 0 Å². The summed E-state index contributed by atoms with van der Waals surface area (Å²) in [6.07, 6.45) is 0. The van der Waals surface area contributed by atoms with Crippen LogP contribution in [0, 0.1) is 0 Å². The van der Waals surface area contributed by atoms with Gasteiger partial charge in [-0.1, -0.05) is 0 Å². The summed E-state index contributed by atoms with van der Waals surface area (Å²) in [4.78, 5) is 34.1. The van der Waals surface area contributed by atoms with E-state index >= 15 is 0 Å². The monoisotopic (exact) mass is 398 g/mol. The van der Waals surface area contributed by atoms with Crippen LogP contribution in [0.3, 0.4) is 0 Å². The molecule has 130 valence electrons. The molecule has 0 heterocycles. The molecule has 0 saturated carbocycles. The molecule has 10 nitrogen and oxygen atoms in total. The molecule has 0 aromatic heterocycles. The standard InChI is InChI=1S/C13H10O6.K.H3O4P/c14-6-1-2-8(15)7(5-6)11-9(16)3-4-10(17)12(11)13(18)19;;1-5(2,3)4/h1-5,14-17H,(H,18,19);;(H3,1,2,3,4)/q;+1;/p-1. The number of phenolic OH excluding ortho intramolecular Hbond substituents is 3. The second-order valence-corrected chi connectivity index (χ2v) is 5.33. The average molecular weight is 398 g/mol. The van der Waals surface area contributed by atoms with Crippen LogP contribution < -0.4 is 56.3 Å². The largest absolute Gasteiger partial charge is 1.00 e. The minimum atomic E-state index is -4.89. The van der Waals surface area contributed by atoms with Crippen molar-refractivity contribution in [2.24, 2.45) is 0 Å². The summed E-state index contributed by atoms with van der Waals surface area (Å²) in [6, 6.07) is 5.58. The Morgan fingerprint density at radius 1 is 0.920 bits per heavy atom. The molecule has 2 rings (SSSR count). The predicted octanol–water partition coefficient (Wildman–Crippen LogP) is -2.68. The molecular formula is C13H12KO10P. The summed E-state index contributed by atoms with van der Waals surface area (Å²) < 4.78 is 8.77. The maximum absolute atomic E-state index is 11.1. The summed E-state index contributed by atoms with van der Waals surface area (Å²) in [5.41, 5.74) is -0.910. The molecule has 2 aromatic rings. The van der Waals surface area contributed by atoms with Crippen LogP contribution in [-0.2, 0) is 4.57 Å². The zero-order valence-electron chi connectivity index (χ0n) is 12.7. The van der Waals surface area contributed by atoms with E-state index < -0.39 is 30.9 Å². The van der Waals surface area contributed by atoms with Crippen LogP contribution in [0.25, 0.3) is 11.1 Å². The number of aromatic hydroxyl groups is 4. The Kier molecular flexibility index (Phi) is 9.09. The van der Waals surface area contributed by atoms with E-state index in [1.54, 1.807) is 0 Å². The summed E-state index contributed by atoms with van der Waals surface area (Å²) in [7, 11) is -4.89. The van der Waals surface area contributed by atoms with Crippen molar-refractivity contribution in [3.63, 3.8) is 0 Å². The third kappa shape index (κ3) is 7.32. The van der Waals surface area contributed by atoms with Crippen molar-refractivity contribution in [2.45, 2.75) is 0 Å². The van der Waals surface area contributed by atoms with Gasteiger partial charge >= 0.3 is 57.4 Å². The van der Waals surface area contributed by atoms with Crippen molar-refractivity contribution in [1.29, 1.82) is 0 Å². The molecule has 0 fully saturated rings. The van der Waals surface area contributed by atoms with E-state index in [1.165, 1.54) is 6.07 Å². The van der Waals surface area contributed by atoms with Gasteiger partial charge in [0.15, 0.2) is 0 Å². The number of hydrogen-bond acceptors (Lipinski definition) is 7. The predicted molar refractivity (Wildman–Crippen MR) is 77.5 cm³/mol. The van der Waals surface area contributed by atoms with Gasteiger partial charge in [-0.3, -0.25) is 4.57 Å². The molecule has 7 N–H and O–H groups in total. The van der Waals surface area contributed by atoms with Crippen molar-refractivity contribution >= 4 is 13.8 Å². The molecule has 0 bridgehead atoms. The Morgan fingerprint density at radius 2 is 1.36 bits per heavy atom. The molecule has 0 radical (unpaired) electrons. The summed E-state index contributed by atoms with van der Waals surface area (Å²) >= 11 is 0. The van der Waals surface area contributed by atoms with Crippen LogP contribution in [0.5, 0.6) is 23.0 Å². The fourth-order valence-corrected chi connectivity index (χ4v) is 1.79. The van der Waals surface area contributed by atoms with Gasteiger partial charge in [-0.05, 0) is 30.3 Å². The number of carbonyl (C=O) groups is 1. The number of hydrogen-bond donors (Lipinski definition) is 7. The van der Waals surface area contributed by atoms with Gasteiger partial charge in [0.25, 0.3) is 7.82 Å². The number of rotatable bonds is 2. The maximum atomic E-state index is 11.1. The normalized spacial score (nSPS) is 10.2. The first kappa shape index (κ1) is 23.9. The SMILES string of the molecule is O=C(O)c1c(O)ccc(O)c1-c1cc(O)ccc1O.O=P([O-])(O)O.[K+]. The molecule has 0 aliphatic carbocycles. The van der Waals surface area contributed by atoms with Crippen molar-refractivity contribution in [3.8, 4) is 34.1 Å². The number of carboxylic acids is 1. The fraction of sp³-hybridized carbons (Fsp3) is 0. The topological polar surface area (TPSA) is 199 Å². The van der Waals surface area contributed by atoms with Gasteiger partial charge in [-0.2, -0.15) is 0 Å². The Hall–Kier alpha value is -1.14. The van der Waals surface area contributed by atoms with Gasteiger partial charge in [0, 0.05) is 11.1 Å². The van der Waals surface area contributed by atoms with Crippen LogP contribution in [-0.4, -0.2) is 41.3 Å². The number of aromatic carboxylic acids is 1. The first-order valence-electron chi connectivity index (χ1n) is 5.99. The van der Waals surface area contributed by atoms with Gasteiger partial charge in [0.2, 0.25) is 0 Å². The Labute approximate surface area is 183 Å². The third-order valence-corrected chi connectivity index (χ3v) is 2.62. The van der Waals surface area contributed by atoms with Gasteiger partial charge < -0.3 is 40.2 Å². The third-order valence-electron chi connectivity index (χ3n) is 2.62. The number of phosphoric acid groups is 1. The van der Waals surface area contributed by atoms with Crippen molar-refractivity contribution < 1.29 is 101 Å². The van der Waals surface area contributed by atoms with Gasteiger partial charge in [0.05, 0.1) is 0 Å². The molecule has 0 aliphatic rings. The molecule has 0 spiro atoms. The van der Waals surface area contributed by atoms with E-state index in [-0.39, 0.29) is 74.0 Å². The van der Waals surface area contributed by atoms with E-state index in [1.807, 2.05) is 0 Å². The maximum Gasteiger partial charge on any atom is 1.00 e. The quantitative estimate of drug-likeness (QED) is 0.159. The summed E-state index contributed by atoms with van der Waals surface area (Å²) in [6.45, 7) is 0. The van der Waals surface area contributed by atoms with Crippen LogP contribution in [0.1, 0.15) is 10.4 Å². The second-order valence-electron chi connectivity index (χ2n) is 4.35. The van der Waals surface area contributed by atoms with Crippen LogP contribution in [0.2, 0.25) is 0 Å².